The fraction of sp³-hybridized carbons (Fsp3) is 0.200. The number of ether oxygens (including phenoxy) is 1. The van der Waals surface area contributed by atoms with Gasteiger partial charge in [0.25, 0.3) is 0 Å². The molecular weight excluding hydrogens is 373 g/mol. The molecule has 2 rings (SSSR count). The zero-order valence-corrected chi connectivity index (χ0v) is 13.5. The summed E-state index contributed by atoms with van der Waals surface area (Å²) in [5.41, 5.74) is 1.10. The van der Waals surface area contributed by atoms with E-state index in [1.54, 1.807) is 0 Å². The van der Waals surface area contributed by atoms with Gasteiger partial charge in [-0.25, -0.2) is 0 Å². The lowest BCUT2D eigenvalue weighted by molar-refractivity contribution is 0.470. The molecule has 0 amide bonds. The van der Waals surface area contributed by atoms with Crippen molar-refractivity contribution in [1.82, 2.24) is 5.32 Å². The lowest BCUT2D eigenvalue weighted by atomic mass is 10.2. The monoisotopic (exact) mass is 387 g/mol. The van der Waals surface area contributed by atoms with Crippen LogP contribution in [0.15, 0.2) is 42.5 Å². The van der Waals surface area contributed by atoms with E-state index < -0.39 is 0 Å². The van der Waals surface area contributed by atoms with Crippen LogP contribution in [0.4, 0.5) is 0 Å². The van der Waals surface area contributed by atoms with Gasteiger partial charge in [0, 0.05) is 17.1 Å². The Morgan fingerprint density at radius 2 is 1.95 bits per heavy atom. The van der Waals surface area contributed by atoms with Crippen LogP contribution in [-0.2, 0) is 6.54 Å². The van der Waals surface area contributed by atoms with Gasteiger partial charge in [0.05, 0.1) is 3.57 Å². The Kier molecular flexibility index (Phi) is 5.48. The molecule has 1 N–H and O–H groups in total. The molecule has 0 aliphatic heterocycles. The van der Waals surface area contributed by atoms with E-state index in [2.05, 4.69) is 34.8 Å². The summed E-state index contributed by atoms with van der Waals surface area (Å²) < 4.78 is 7.06. The lowest BCUT2D eigenvalue weighted by Gasteiger charge is -2.13. The molecule has 0 radical (unpaired) electrons. The first-order valence-corrected chi connectivity index (χ1v) is 7.58. The zero-order valence-electron chi connectivity index (χ0n) is 10.6. The van der Waals surface area contributed by atoms with Crippen molar-refractivity contribution < 1.29 is 4.74 Å². The molecule has 4 heteroatoms. The minimum absolute atomic E-state index is 0.682. The number of benzene rings is 2. The smallest absolute Gasteiger partial charge is 0.140 e. The van der Waals surface area contributed by atoms with Crippen LogP contribution in [0, 0.1) is 3.57 Å². The van der Waals surface area contributed by atoms with Crippen molar-refractivity contribution in [2.45, 2.75) is 13.5 Å². The summed E-state index contributed by atoms with van der Waals surface area (Å²) in [4.78, 5) is 0. The van der Waals surface area contributed by atoms with Crippen LogP contribution in [0.3, 0.4) is 0 Å². The maximum absolute atomic E-state index is 6.05. The topological polar surface area (TPSA) is 21.3 Å². The third-order valence-electron chi connectivity index (χ3n) is 2.65. The second kappa shape index (κ2) is 7.12. The first-order valence-electron chi connectivity index (χ1n) is 6.12. The Balaban J connectivity index is 2.27. The molecule has 0 aliphatic carbocycles. The maximum atomic E-state index is 6.05. The van der Waals surface area contributed by atoms with E-state index in [1.807, 2.05) is 42.5 Å². The Labute approximate surface area is 132 Å². The first kappa shape index (κ1) is 14.6. The average molecular weight is 388 g/mol. The van der Waals surface area contributed by atoms with Crippen LogP contribution < -0.4 is 10.1 Å². The summed E-state index contributed by atoms with van der Waals surface area (Å²) in [6, 6.07) is 13.7. The van der Waals surface area contributed by atoms with E-state index in [0.29, 0.717) is 5.02 Å². The second-order valence-electron chi connectivity index (χ2n) is 4.06. The van der Waals surface area contributed by atoms with Crippen molar-refractivity contribution >= 4 is 34.2 Å². The molecule has 0 spiro atoms. The molecule has 2 aromatic rings. The van der Waals surface area contributed by atoms with Crippen LogP contribution in [0.5, 0.6) is 11.5 Å². The highest BCUT2D eigenvalue weighted by Gasteiger charge is 2.07. The normalized spacial score (nSPS) is 10.5. The van der Waals surface area contributed by atoms with Crippen LogP contribution in [0.2, 0.25) is 5.02 Å². The Morgan fingerprint density at radius 3 is 2.68 bits per heavy atom. The summed E-state index contributed by atoms with van der Waals surface area (Å²) in [6.45, 7) is 3.77. The van der Waals surface area contributed by atoms with Crippen LogP contribution in [-0.4, -0.2) is 6.54 Å². The lowest BCUT2D eigenvalue weighted by Crippen LogP contribution is -2.12. The van der Waals surface area contributed by atoms with Crippen molar-refractivity contribution in [3.63, 3.8) is 0 Å². The Hall–Kier alpha value is -0.780. The number of hydrogen-bond acceptors (Lipinski definition) is 2. The van der Waals surface area contributed by atoms with Gasteiger partial charge in [0.1, 0.15) is 11.5 Å². The van der Waals surface area contributed by atoms with Crippen molar-refractivity contribution in [3.8, 4) is 11.5 Å². The van der Waals surface area contributed by atoms with Crippen LogP contribution >= 0.6 is 34.2 Å². The van der Waals surface area contributed by atoms with Crippen LogP contribution in [0.1, 0.15) is 12.5 Å². The molecule has 0 aliphatic rings. The Morgan fingerprint density at radius 1 is 1.16 bits per heavy atom. The predicted molar refractivity (Wildman–Crippen MR) is 88.1 cm³/mol. The van der Waals surface area contributed by atoms with Gasteiger partial charge in [-0.2, -0.15) is 0 Å². The van der Waals surface area contributed by atoms with Gasteiger partial charge < -0.3 is 10.1 Å². The standard InChI is InChI=1S/C15H15ClINO/c1-2-18-10-11-7-8-12(16)9-15(11)19-14-6-4-3-5-13(14)17/h3-9,18H,2,10H2,1H3. The zero-order chi connectivity index (χ0) is 13.7. The minimum Gasteiger partial charge on any atom is -0.456 e. The third-order valence-corrected chi connectivity index (χ3v) is 3.78. The fourth-order valence-electron chi connectivity index (χ4n) is 1.68. The summed E-state index contributed by atoms with van der Waals surface area (Å²) in [5, 5.41) is 3.98. The highest BCUT2D eigenvalue weighted by Crippen LogP contribution is 2.31. The molecule has 2 aromatic carbocycles. The molecule has 0 unspecified atom stereocenters. The highest BCUT2D eigenvalue weighted by atomic mass is 127. The molecule has 0 heterocycles. The first-order chi connectivity index (χ1) is 9.20. The van der Waals surface area contributed by atoms with Gasteiger partial charge in [-0.3, -0.25) is 0 Å². The Bertz CT molecular complexity index is 560. The van der Waals surface area contributed by atoms with Crippen molar-refractivity contribution in [1.29, 1.82) is 0 Å². The molecule has 0 saturated heterocycles. The number of hydrogen-bond donors (Lipinski definition) is 1. The fourth-order valence-corrected chi connectivity index (χ4v) is 2.33. The molecule has 0 fully saturated rings. The molecule has 0 bridgehead atoms. The van der Waals surface area contributed by atoms with Crippen LogP contribution in [0.25, 0.3) is 0 Å². The minimum atomic E-state index is 0.682. The maximum Gasteiger partial charge on any atom is 0.140 e. The van der Waals surface area contributed by atoms with E-state index in [-0.39, 0.29) is 0 Å². The predicted octanol–water partition coefficient (Wildman–Crippen LogP) is 4.85. The van der Waals surface area contributed by atoms with Gasteiger partial charge in [0.2, 0.25) is 0 Å². The third kappa shape index (κ3) is 4.09. The van der Waals surface area contributed by atoms with E-state index in [4.69, 9.17) is 16.3 Å². The summed E-state index contributed by atoms with van der Waals surface area (Å²) in [7, 11) is 0. The van der Waals surface area contributed by atoms with Crippen molar-refractivity contribution in [2.24, 2.45) is 0 Å². The van der Waals surface area contributed by atoms with Gasteiger partial charge in [0.15, 0.2) is 0 Å². The van der Waals surface area contributed by atoms with Gasteiger partial charge in [-0.1, -0.05) is 36.7 Å². The second-order valence-corrected chi connectivity index (χ2v) is 5.66. The molecule has 19 heavy (non-hydrogen) atoms. The van der Waals surface area contributed by atoms with Crippen molar-refractivity contribution in [2.75, 3.05) is 6.54 Å². The summed E-state index contributed by atoms with van der Waals surface area (Å²) in [5.74, 6) is 1.65. The molecular formula is C15H15ClINO. The van der Waals surface area contributed by atoms with Gasteiger partial charge >= 0.3 is 0 Å². The molecule has 2 nitrogen and oxygen atoms in total. The van der Waals surface area contributed by atoms with Crippen molar-refractivity contribution in [3.05, 3.63) is 56.6 Å². The SMILES string of the molecule is CCNCc1ccc(Cl)cc1Oc1ccccc1I. The average Bonchev–Trinajstić information content (AvgIpc) is 2.40. The molecule has 100 valence electrons. The number of halogens is 2. The van der Waals surface area contributed by atoms with Gasteiger partial charge in [-0.05, 0) is 53.4 Å². The van der Waals surface area contributed by atoms with E-state index in [0.717, 1.165) is 33.7 Å². The number of nitrogens with one attached hydrogen (secondary N) is 1. The molecule has 0 saturated carbocycles. The molecule has 0 atom stereocenters. The molecule has 0 aromatic heterocycles. The van der Waals surface area contributed by atoms with Gasteiger partial charge in [-0.15, -0.1) is 0 Å². The highest BCUT2D eigenvalue weighted by molar-refractivity contribution is 14.1. The van der Waals surface area contributed by atoms with E-state index in [1.165, 1.54) is 0 Å². The quantitative estimate of drug-likeness (QED) is 0.741. The van der Waals surface area contributed by atoms with E-state index in [9.17, 15) is 0 Å². The largest absolute Gasteiger partial charge is 0.456 e. The summed E-state index contributed by atoms with van der Waals surface area (Å²) in [6.07, 6.45) is 0. The van der Waals surface area contributed by atoms with E-state index >= 15 is 0 Å². The number of para-hydroxylation sites is 1. The number of rotatable bonds is 5. The summed E-state index contributed by atoms with van der Waals surface area (Å²) >= 11 is 8.32.